The van der Waals surface area contributed by atoms with Gasteiger partial charge in [0.25, 0.3) is 5.69 Å². The number of unbranched alkanes of at least 4 members (excludes halogenated alkanes) is 1. The van der Waals surface area contributed by atoms with E-state index < -0.39 is 4.92 Å². The van der Waals surface area contributed by atoms with Crippen LogP contribution >= 0.6 is 11.6 Å². The molecule has 0 saturated carbocycles. The Hall–Kier alpha value is -2.06. The van der Waals surface area contributed by atoms with Gasteiger partial charge in [0.15, 0.2) is 0 Å². The molecule has 0 aromatic heterocycles. The third-order valence-electron chi connectivity index (χ3n) is 2.29. The number of benzene rings is 1. The van der Waals surface area contributed by atoms with E-state index in [-0.39, 0.29) is 23.6 Å². The Morgan fingerprint density at radius 3 is 2.89 bits per heavy atom. The first kappa shape index (κ1) is 15.0. The number of carbonyl (C=O) groups excluding carboxylic acids is 1. The van der Waals surface area contributed by atoms with Gasteiger partial charge in [0, 0.05) is 23.9 Å². The molecule has 100 valence electrons. The van der Waals surface area contributed by atoms with Crippen molar-refractivity contribution < 1.29 is 14.5 Å². The molecule has 0 radical (unpaired) electrons. The molecule has 0 amide bonds. The molecule has 1 aromatic carbocycles. The second-order valence-corrected chi connectivity index (χ2v) is 4.09. The molecule has 19 heavy (non-hydrogen) atoms. The lowest BCUT2D eigenvalue weighted by molar-refractivity contribution is -0.385. The quantitative estimate of drug-likeness (QED) is 0.280. The Balaban J connectivity index is 2.69. The largest absolute Gasteiger partial charge is 0.469 e. The van der Waals surface area contributed by atoms with E-state index in [1.165, 1.54) is 25.3 Å². The molecule has 0 aliphatic heterocycles. The summed E-state index contributed by atoms with van der Waals surface area (Å²) in [7, 11) is 1.32. The van der Waals surface area contributed by atoms with E-state index in [1.807, 2.05) is 0 Å². The summed E-state index contributed by atoms with van der Waals surface area (Å²) in [5, 5.41) is 11.2. The molecule has 0 spiro atoms. The van der Waals surface area contributed by atoms with Crippen molar-refractivity contribution in [2.24, 2.45) is 0 Å². The molecule has 0 bridgehead atoms. The van der Waals surface area contributed by atoms with Crippen LogP contribution in [0.5, 0.6) is 0 Å². The fraction of sp³-hybridized carbons (Fsp3) is 0.308. The Bertz CT molecular complexity index is 545. The number of ether oxygens (including phenoxy) is 1. The van der Waals surface area contributed by atoms with Crippen molar-refractivity contribution in [1.82, 2.24) is 0 Å². The zero-order valence-corrected chi connectivity index (χ0v) is 11.1. The van der Waals surface area contributed by atoms with Crippen molar-refractivity contribution in [3.63, 3.8) is 0 Å². The van der Waals surface area contributed by atoms with Gasteiger partial charge >= 0.3 is 5.97 Å². The van der Waals surface area contributed by atoms with Crippen LogP contribution in [0.15, 0.2) is 18.2 Å². The van der Waals surface area contributed by atoms with Gasteiger partial charge in [-0.1, -0.05) is 23.4 Å². The van der Waals surface area contributed by atoms with E-state index in [1.54, 1.807) is 0 Å². The lowest BCUT2D eigenvalue weighted by atomic mass is 10.1. The lowest BCUT2D eigenvalue weighted by Gasteiger charge is -1.96. The number of carbonyl (C=O) groups is 1. The summed E-state index contributed by atoms with van der Waals surface area (Å²) in [6, 6.07) is 4.22. The van der Waals surface area contributed by atoms with Crippen LogP contribution < -0.4 is 0 Å². The Labute approximate surface area is 115 Å². The van der Waals surface area contributed by atoms with E-state index in [0.717, 1.165) is 0 Å². The van der Waals surface area contributed by atoms with Gasteiger partial charge in [0.2, 0.25) is 0 Å². The van der Waals surface area contributed by atoms with Crippen LogP contribution in [0.25, 0.3) is 0 Å². The third kappa shape index (κ3) is 4.98. The summed E-state index contributed by atoms with van der Waals surface area (Å²) in [5.74, 6) is 5.19. The smallest absolute Gasteiger partial charge is 0.305 e. The van der Waals surface area contributed by atoms with Crippen molar-refractivity contribution in [2.45, 2.75) is 19.3 Å². The first-order valence-electron chi connectivity index (χ1n) is 5.54. The number of esters is 1. The zero-order valence-electron chi connectivity index (χ0n) is 10.3. The molecular weight excluding hydrogens is 270 g/mol. The fourth-order valence-corrected chi connectivity index (χ4v) is 1.52. The van der Waals surface area contributed by atoms with Gasteiger partial charge in [-0.25, -0.2) is 0 Å². The summed E-state index contributed by atoms with van der Waals surface area (Å²) in [5.41, 5.74) is 0.195. The second kappa shape index (κ2) is 7.39. The first-order chi connectivity index (χ1) is 9.04. The molecule has 0 aliphatic carbocycles. The fourth-order valence-electron chi connectivity index (χ4n) is 1.35. The van der Waals surface area contributed by atoms with Gasteiger partial charge in [0.05, 0.1) is 12.0 Å². The van der Waals surface area contributed by atoms with Gasteiger partial charge < -0.3 is 4.74 Å². The van der Waals surface area contributed by atoms with Crippen molar-refractivity contribution in [3.8, 4) is 11.8 Å². The summed E-state index contributed by atoms with van der Waals surface area (Å²) < 4.78 is 4.49. The molecule has 5 nitrogen and oxygen atoms in total. The maximum absolute atomic E-state index is 10.9. The summed E-state index contributed by atoms with van der Waals surface area (Å²) >= 11 is 5.77. The Morgan fingerprint density at radius 1 is 1.53 bits per heavy atom. The number of nitro groups is 1. The Kier molecular flexibility index (Phi) is 5.83. The standard InChI is InChI=1S/C13H12ClNO4/c1-19-13(16)6-4-2-3-5-10-9-11(14)7-8-12(10)15(17)18/h7-9H,2,4,6H2,1H3. The van der Waals surface area contributed by atoms with Crippen LogP contribution in [-0.2, 0) is 9.53 Å². The van der Waals surface area contributed by atoms with Crippen LogP contribution in [0.1, 0.15) is 24.8 Å². The first-order valence-corrected chi connectivity index (χ1v) is 5.92. The number of nitro benzene ring substituents is 1. The topological polar surface area (TPSA) is 69.4 Å². The molecule has 1 rings (SSSR count). The van der Waals surface area contributed by atoms with Crippen molar-refractivity contribution >= 4 is 23.3 Å². The molecule has 1 aromatic rings. The Morgan fingerprint density at radius 2 is 2.26 bits per heavy atom. The minimum Gasteiger partial charge on any atom is -0.469 e. The van der Waals surface area contributed by atoms with Crippen LogP contribution in [0, 0.1) is 22.0 Å². The highest BCUT2D eigenvalue weighted by atomic mass is 35.5. The normalized spacial score (nSPS) is 9.37. The average Bonchev–Trinajstić information content (AvgIpc) is 2.37. The molecule has 0 N–H and O–H groups in total. The van der Waals surface area contributed by atoms with Crippen molar-refractivity contribution in [2.75, 3.05) is 7.11 Å². The van der Waals surface area contributed by atoms with E-state index in [9.17, 15) is 14.9 Å². The molecular formula is C13H12ClNO4. The minimum atomic E-state index is -0.505. The number of halogens is 1. The lowest BCUT2D eigenvalue weighted by Crippen LogP contribution is -1.98. The van der Waals surface area contributed by atoms with E-state index in [4.69, 9.17) is 11.6 Å². The van der Waals surface area contributed by atoms with Gasteiger partial charge in [-0.3, -0.25) is 14.9 Å². The highest BCUT2D eigenvalue weighted by Crippen LogP contribution is 2.21. The minimum absolute atomic E-state index is 0.0788. The average molecular weight is 282 g/mol. The molecule has 0 fully saturated rings. The van der Waals surface area contributed by atoms with Gasteiger partial charge in [-0.2, -0.15) is 0 Å². The van der Waals surface area contributed by atoms with Gasteiger partial charge in [0.1, 0.15) is 5.56 Å². The van der Waals surface area contributed by atoms with Crippen molar-refractivity contribution in [1.29, 1.82) is 0 Å². The highest BCUT2D eigenvalue weighted by Gasteiger charge is 2.11. The van der Waals surface area contributed by atoms with Crippen LogP contribution in [0.2, 0.25) is 5.02 Å². The monoisotopic (exact) mass is 281 g/mol. The van der Waals surface area contributed by atoms with Gasteiger partial charge in [-0.05, 0) is 18.6 Å². The van der Waals surface area contributed by atoms with Crippen LogP contribution in [0.3, 0.4) is 0 Å². The molecule has 0 saturated heterocycles. The zero-order chi connectivity index (χ0) is 14.3. The maximum atomic E-state index is 10.9. The van der Waals surface area contributed by atoms with Crippen LogP contribution in [-0.4, -0.2) is 18.0 Å². The number of hydrogen-bond acceptors (Lipinski definition) is 4. The van der Waals surface area contributed by atoms with E-state index >= 15 is 0 Å². The maximum Gasteiger partial charge on any atom is 0.305 e. The SMILES string of the molecule is COC(=O)CCCC#Cc1cc(Cl)ccc1[N+](=O)[O-]. The predicted octanol–water partition coefficient (Wildman–Crippen LogP) is 2.94. The third-order valence-corrected chi connectivity index (χ3v) is 2.52. The van der Waals surface area contributed by atoms with E-state index in [0.29, 0.717) is 17.9 Å². The molecule has 0 aliphatic rings. The highest BCUT2D eigenvalue weighted by molar-refractivity contribution is 6.30. The number of rotatable bonds is 4. The summed E-state index contributed by atoms with van der Waals surface area (Å²) in [6.07, 6.45) is 1.29. The number of hydrogen-bond donors (Lipinski definition) is 0. The van der Waals surface area contributed by atoms with Gasteiger partial charge in [-0.15, -0.1) is 0 Å². The number of nitrogens with zero attached hydrogens (tertiary/aromatic N) is 1. The second-order valence-electron chi connectivity index (χ2n) is 3.65. The summed E-state index contributed by atoms with van der Waals surface area (Å²) in [6.45, 7) is 0. The molecule has 0 atom stereocenters. The molecule has 0 unspecified atom stereocenters. The predicted molar refractivity (Wildman–Crippen MR) is 70.9 cm³/mol. The van der Waals surface area contributed by atoms with E-state index in [2.05, 4.69) is 16.6 Å². The van der Waals surface area contributed by atoms with Crippen LogP contribution in [0.4, 0.5) is 5.69 Å². The van der Waals surface area contributed by atoms with Crippen molar-refractivity contribution in [3.05, 3.63) is 38.9 Å². The molecule has 0 heterocycles. The molecule has 6 heteroatoms. The summed E-state index contributed by atoms with van der Waals surface area (Å²) in [4.78, 5) is 21.1. The number of methoxy groups -OCH3 is 1.